The lowest BCUT2D eigenvalue weighted by molar-refractivity contribution is -0.172. The van der Waals surface area contributed by atoms with Gasteiger partial charge in [0.2, 0.25) is 0 Å². The number of carbonyl (C=O) groups is 1. The molecule has 1 aromatic carbocycles. The topological polar surface area (TPSA) is 93.5 Å². The highest BCUT2D eigenvalue weighted by Gasteiger charge is 2.45. The molecular weight excluding hydrogens is 418 g/mol. The minimum Gasteiger partial charge on any atom is -0.458 e. The fraction of sp³-hybridized carbons (Fsp3) is 0.346. The predicted molar refractivity (Wildman–Crippen MR) is 127 cm³/mol. The van der Waals surface area contributed by atoms with Gasteiger partial charge in [-0.1, -0.05) is 44.2 Å². The van der Waals surface area contributed by atoms with Crippen LogP contribution in [-0.2, 0) is 28.3 Å². The van der Waals surface area contributed by atoms with E-state index in [1.54, 1.807) is 17.6 Å². The minimum atomic E-state index is -1.82. The maximum atomic E-state index is 13.4. The molecule has 0 saturated carbocycles. The Morgan fingerprint density at radius 1 is 1.24 bits per heavy atom. The van der Waals surface area contributed by atoms with Gasteiger partial charge in [-0.3, -0.25) is 4.79 Å². The average Bonchev–Trinajstić information content (AvgIpc) is 3.20. The van der Waals surface area contributed by atoms with Crippen molar-refractivity contribution in [2.45, 2.75) is 45.4 Å². The van der Waals surface area contributed by atoms with Crippen molar-refractivity contribution >= 4 is 22.9 Å². The summed E-state index contributed by atoms with van der Waals surface area (Å²) in [4.78, 5) is 30.7. The molecule has 0 amide bonds. The number of ether oxygens (including phenoxy) is 1. The van der Waals surface area contributed by atoms with E-state index < -0.39 is 11.6 Å². The molecule has 2 aliphatic heterocycles. The van der Waals surface area contributed by atoms with Crippen LogP contribution in [0.1, 0.15) is 48.9 Å². The first-order chi connectivity index (χ1) is 16.0. The zero-order chi connectivity index (χ0) is 23.2. The van der Waals surface area contributed by atoms with Crippen molar-refractivity contribution in [2.75, 3.05) is 13.1 Å². The second kappa shape index (κ2) is 8.24. The highest BCUT2D eigenvalue weighted by Crippen LogP contribution is 2.40. The Bertz CT molecular complexity index is 1360. The fourth-order valence-corrected chi connectivity index (χ4v) is 4.81. The van der Waals surface area contributed by atoms with Gasteiger partial charge < -0.3 is 19.7 Å². The van der Waals surface area contributed by atoms with Gasteiger partial charge in [-0.25, -0.2) is 9.78 Å². The normalized spacial score (nSPS) is 18.9. The number of nitrogens with zero attached hydrogens (tertiary/aromatic N) is 2. The Labute approximate surface area is 191 Å². The van der Waals surface area contributed by atoms with E-state index in [-0.39, 0.29) is 18.6 Å². The van der Waals surface area contributed by atoms with Crippen LogP contribution in [0.2, 0.25) is 0 Å². The molecule has 1 atom stereocenters. The number of hydrogen-bond donors (Lipinski definition) is 2. The SMILES string of the molecule is CCNCC/C=C/c1c2c(nc3ccccc13)-c1cc3c(c(=O)n1C2)COC(=O)[C@]3(O)CC. The summed E-state index contributed by atoms with van der Waals surface area (Å²) < 4.78 is 6.85. The molecule has 0 bridgehead atoms. The molecule has 2 N–H and O–H groups in total. The predicted octanol–water partition coefficient (Wildman–Crippen LogP) is 3.09. The van der Waals surface area contributed by atoms with Crippen molar-refractivity contribution in [3.05, 3.63) is 69.0 Å². The van der Waals surface area contributed by atoms with Crippen LogP contribution in [-0.4, -0.2) is 33.7 Å². The molecule has 4 heterocycles. The van der Waals surface area contributed by atoms with E-state index >= 15 is 0 Å². The summed E-state index contributed by atoms with van der Waals surface area (Å²) in [7, 11) is 0. The van der Waals surface area contributed by atoms with Crippen LogP contribution in [0.25, 0.3) is 28.4 Å². The number of nitrogens with one attached hydrogen (secondary N) is 1. The second-order valence-electron chi connectivity index (χ2n) is 8.52. The fourth-order valence-electron chi connectivity index (χ4n) is 4.81. The van der Waals surface area contributed by atoms with Gasteiger partial charge in [0.15, 0.2) is 5.60 Å². The van der Waals surface area contributed by atoms with E-state index in [2.05, 4.69) is 24.4 Å². The van der Waals surface area contributed by atoms with E-state index in [1.807, 2.05) is 24.3 Å². The Hall–Kier alpha value is -3.29. The van der Waals surface area contributed by atoms with Crippen molar-refractivity contribution in [2.24, 2.45) is 0 Å². The summed E-state index contributed by atoms with van der Waals surface area (Å²) in [6, 6.07) is 9.70. The lowest BCUT2D eigenvalue weighted by Gasteiger charge is -2.31. The molecule has 0 saturated heterocycles. The van der Waals surface area contributed by atoms with E-state index in [4.69, 9.17) is 9.72 Å². The van der Waals surface area contributed by atoms with Crippen LogP contribution >= 0.6 is 0 Å². The molecular formula is C26H27N3O4. The number of hydrogen-bond acceptors (Lipinski definition) is 6. The van der Waals surface area contributed by atoms with Crippen molar-refractivity contribution in [3.8, 4) is 11.4 Å². The minimum absolute atomic E-state index is 0.125. The van der Waals surface area contributed by atoms with Crippen molar-refractivity contribution in [1.82, 2.24) is 14.9 Å². The zero-order valence-electron chi connectivity index (χ0n) is 18.9. The van der Waals surface area contributed by atoms with Crippen LogP contribution in [0.15, 0.2) is 41.2 Å². The number of fused-ring (bicyclic) bond motifs is 5. The zero-order valence-corrected chi connectivity index (χ0v) is 18.9. The van der Waals surface area contributed by atoms with E-state index in [0.717, 1.165) is 47.2 Å². The number of benzene rings is 1. The lowest BCUT2D eigenvalue weighted by atomic mass is 9.86. The van der Waals surface area contributed by atoms with Crippen LogP contribution in [0, 0.1) is 0 Å². The second-order valence-corrected chi connectivity index (χ2v) is 8.52. The lowest BCUT2D eigenvalue weighted by Crippen LogP contribution is -2.44. The molecule has 170 valence electrons. The van der Waals surface area contributed by atoms with Crippen LogP contribution < -0.4 is 10.9 Å². The highest BCUT2D eigenvalue weighted by atomic mass is 16.6. The standard InChI is InChI=1S/C26H27N3O4/c1-3-26(32)20-13-22-23-18(14-29(22)24(30)19(20)15-33-25(26)31)16(9-7-8-12-27-4-2)17-10-5-6-11-21(17)28-23/h5-7,9-11,13,27,32H,3-4,8,12,14-15H2,1-2H3/b9-7+/t26-/m0/s1. The van der Waals surface area contributed by atoms with Gasteiger partial charge in [0, 0.05) is 16.5 Å². The Morgan fingerprint density at radius 2 is 2.06 bits per heavy atom. The van der Waals surface area contributed by atoms with Crippen LogP contribution in [0.5, 0.6) is 0 Å². The summed E-state index contributed by atoms with van der Waals surface area (Å²) in [6.45, 7) is 5.88. The van der Waals surface area contributed by atoms with Crippen LogP contribution in [0.3, 0.4) is 0 Å². The number of esters is 1. The third-order valence-corrected chi connectivity index (χ3v) is 6.66. The van der Waals surface area contributed by atoms with Gasteiger partial charge in [-0.2, -0.15) is 0 Å². The van der Waals surface area contributed by atoms with E-state index in [1.165, 1.54) is 0 Å². The average molecular weight is 446 g/mol. The smallest absolute Gasteiger partial charge is 0.343 e. The number of para-hydroxylation sites is 1. The monoisotopic (exact) mass is 445 g/mol. The molecule has 2 aromatic heterocycles. The molecule has 3 aromatic rings. The molecule has 5 rings (SSSR count). The summed E-state index contributed by atoms with van der Waals surface area (Å²) in [5.41, 5.74) is 2.81. The number of cyclic esters (lactones) is 1. The van der Waals surface area contributed by atoms with Gasteiger partial charge in [-0.15, -0.1) is 0 Å². The summed E-state index contributed by atoms with van der Waals surface area (Å²) in [5, 5.41) is 15.4. The summed E-state index contributed by atoms with van der Waals surface area (Å²) in [5.74, 6) is -0.712. The van der Waals surface area contributed by atoms with Crippen molar-refractivity contribution < 1.29 is 14.6 Å². The van der Waals surface area contributed by atoms with Crippen LogP contribution in [0.4, 0.5) is 0 Å². The Balaban J connectivity index is 1.70. The molecule has 0 fully saturated rings. The molecule has 7 heteroatoms. The number of pyridine rings is 2. The molecule has 33 heavy (non-hydrogen) atoms. The van der Waals surface area contributed by atoms with Crippen molar-refractivity contribution in [1.29, 1.82) is 0 Å². The van der Waals surface area contributed by atoms with E-state index in [0.29, 0.717) is 23.4 Å². The highest BCUT2D eigenvalue weighted by molar-refractivity contribution is 5.93. The van der Waals surface area contributed by atoms with Gasteiger partial charge in [0.25, 0.3) is 5.56 Å². The van der Waals surface area contributed by atoms with Gasteiger partial charge in [-0.05, 0) is 43.6 Å². The third-order valence-electron chi connectivity index (χ3n) is 6.66. The largest absolute Gasteiger partial charge is 0.458 e. The third kappa shape index (κ3) is 3.31. The molecule has 0 spiro atoms. The number of carbonyl (C=O) groups excluding carboxylic acids is 1. The molecule has 0 radical (unpaired) electrons. The van der Waals surface area contributed by atoms with Crippen molar-refractivity contribution in [3.63, 3.8) is 0 Å². The number of rotatable bonds is 6. The maximum Gasteiger partial charge on any atom is 0.343 e. The quantitative estimate of drug-likeness (QED) is 0.350. The molecule has 0 unspecified atom stereocenters. The molecule has 7 nitrogen and oxygen atoms in total. The molecule has 2 aliphatic rings. The Morgan fingerprint density at radius 3 is 2.85 bits per heavy atom. The first-order valence-corrected chi connectivity index (χ1v) is 11.5. The Kier molecular flexibility index (Phi) is 5.38. The first kappa shape index (κ1) is 21.6. The molecule has 0 aliphatic carbocycles. The van der Waals surface area contributed by atoms with E-state index in [9.17, 15) is 14.7 Å². The summed E-state index contributed by atoms with van der Waals surface area (Å²) in [6.07, 6.45) is 5.28. The van der Waals surface area contributed by atoms with Gasteiger partial charge in [0.1, 0.15) is 6.61 Å². The number of aliphatic hydroxyl groups is 1. The first-order valence-electron chi connectivity index (χ1n) is 11.5. The maximum absolute atomic E-state index is 13.4. The number of aromatic nitrogens is 2. The van der Waals surface area contributed by atoms with Gasteiger partial charge in [0.05, 0.1) is 29.0 Å². The summed E-state index contributed by atoms with van der Waals surface area (Å²) >= 11 is 0. The van der Waals surface area contributed by atoms with Gasteiger partial charge >= 0.3 is 5.97 Å².